The van der Waals surface area contributed by atoms with Gasteiger partial charge in [0.25, 0.3) is 0 Å². The molecule has 0 saturated carbocycles. The molecule has 1 aromatic rings. The molecule has 0 aliphatic carbocycles. The van der Waals surface area contributed by atoms with Gasteiger partial charge in [-0.25, -0.2) is 0 Å². The first-order valence-electron chi connectivity index (χ1n) is 5.59. The maximum absolute atomic E-state index is 5.57. The van der Waals surface area contributed by atoms with Crippen LogP contribution in [0.3, 0.4) is 0 Å². The number of benzene rings is 1. The Bertz CT molecular complexity index is 288. The van der Waals surface area contributed by atoms with Crippen LogP contribution < -0.4 is 11.1 Å². The van der Waals surface area contributed by atoms with Crippen LogP contribution in [0.5, 0.6) is 0 Å². The van der Waals surface area contributed by atoms with Gasteiger partial charge in [0.15, 0.2) is 0 Å². The van der Waals surface area contributed by atoms with E-state index in [9.17, 15) is 0 Å². The molecule has 2 rings (SSSR count). The first-order valence-corrected chi connectivity index (χ1v) is 5.59. The van der Waals surface area contributed by atoms with Crippen molar-refractivity contribution in [1.29, 1.82) is 0 Å². The summed E-state index contributed by atoms with van der Waals surface area (Å²) in [5.74, 6) is 0. The van der Waals surface area contributed by atoms with Crippen molar-refractivity contribution < 1.29 is 0 Å². The maximum atomic E-state index is 5.57. The van der Waals surface area contributed by atoms with E-state index in [0.717, 1.165) is 32.7 Å². The largest absolute Gasteiger partial charge is 0.326 e. The molecule has 0 unspecified atom stereocenters. The van der Waals surface area contributed by atoms with Crippen LogP contribution >= 0.6 is 0 Å². The standard InChI is InChI=1S/C12H19N3/c13-9-11-1-3-12(4-2-11)10-15-7-5-14-6-8-15/h1-4,14H,5-10,13H2. The summed E-state index contributed by atoms with van der Waals surface area (Å²) >= 11 is 0. The van der Waals surface area contributed by atoms with E-state index < -0.39 is 0 Å². The number of nitrogens with one attached hydrogen (secondary N) is 1. The van der Waals surface area contributed by atoms with Crippen molar-refractivity contribution in [3.63, 3.8) is 0 Å². The lowest BCUT2D eigenvalue weighted by Crippen LogP contribution is -2.42. The molecule has 0 atom stereocenters. The summed E-state index contributed by atoms with van der Waals surface area (Å²) in [6.07, 6.45) is 0. The Kier molecular flexibility index (Phi) is 3.72. The summed E-state index contributed by atoms with van der Waals surface area (Å²) < 4.78 is 0. The lowest BCUT2D eigenvalue weighted by atomic mass is 10.1. The van der Waals surface area contributed by atoms with Gasteiger partial charge in [0, 0.05) is 39.3 Å². The molecular formula is C12H19N3. The monoisotopic (exact) mass is 205 g/mol. The summed E-state index contributed by atoms with van der Waals surface area (Å²) in [6.45, 7) is 6.22. The molecule has 1 saturated heterocycles. The predicted octanol–water partition coefficient (Wildman–Crippen LogP) is 0.551. The molecule has 82 valence electrons. The highest BCUT2D eigenvalue weighted by Gasteiger charge is 2.09. The van der Waals surface area contributed by atoms with Crippen LogP contribution in [0.15, 0.2) is 24.3 Å². The minimum atomic E-state index is 0.633. The van der Waals surface area contributed by atoms with Gasteiger partial charge in [0.2, 0.25) is 0 Å². The normalized spacial score (nSPS) is 17.9. The van der Waals surface area contributed by atoms with E-state index in [2.05, 4.69) is 34.5 Å². The first kappa shape index (κ1) is 10.6. The average Bonchev–Trinajstić information content (AvgIpc) is 2.31. The van der Waals surface area contributed by atoms with Crippen molar-refractivity contribution in [1.82, 2.24) is 10.2 Å². The average molecular weight is 205 g/mol. The molecule has 1 aliphatic rings. The third kappa shape index (κ3) is 3.02. The fraction of sp³-hybridized carbons (Fsp3) is 0.500. The van der Waals surface area contributed by atoms with Gasteiger partial charge in [-0.3, -0.25) is 4.90 Å². The second-order valence-corrected chi connectivity index (χ2v) is 4.05. The summed E-state index contributed by atoms with van der Waals surface area (Å²) in [4.78, 5) is 2.48. The molecule has 15 heavy (non-hydrogen) atoms. The predicted molar refractivity (Wildman–Crippen MR) is 62.5 cm³/mol. The molecule has 3 nitrogen and oxygen atoms in total. The van der Waals surface area contributed by atoms with Crippen LogP contribution in [0.4, 0.5) is 0 Å². The number of piperazine rings is 1. The Balaban J connectivity index is 1.91. The van der Waals surface area contributed by atoms with Gasteiger partial charge in [-0.05, 0) is 11.1 Å². The van der Waals surface area contributed by atoms with Crippen molar-refractivity contribution >= 4 is 0 Å². The van der Waals surface area contributed by atoms with Gasteiger partial charge in [0.05, 0.1) is 0 Å². The van der Waals surface area contributed by atoms with E-state index in [0.29, 0.717) is 6.54 Å². The number of nitrogens with two attached hydrogens (primary N) is 1. The van der Waals surface area contributed by atoms with E-state index in [4.69, 9.17) is 5.73 Å². The lowest BCUT2D eigenvalue weighted by molar-refractivity contribution is 0.233. The zero-order valence-electron chi connectivity index (χ0n) is 9.08. The van der Waals surface area contributed by atoms with Gasteiger partial charge in [-0.15, -0.1) is 0 Å². The van der Waals surface area contributed by atoms with Crippen molar-refractivity contribution in [2.75, 3.05) is 26.2 Å². The SMILES string of the molecule is NCc1ccc(CN2CCNCC2)cc1. The van der Waals surface area contributed by atoms with Crippen LogP contribution in [-0.4, -0.2) is 31.1 Å². The molecular weight excluding hydrogens is 186 g/mol. The molecule has 1 aromatic carbocycles. The molecule has 1 heterocycles. The fourth-order valence-electron chi connectivity index (χ4n) is 1.91. The van der Waals surface area contributed by atoms with Crippen LogP contribution in [0.2, 0.25) is 0 Å². The second kappa shape index (κ2) is 5.26. The Hall–Kier alpha value is -0.900. The Morgan fingerprint density at radius 2 is 1.67 bits per heavy atom. The van der Waals surface area contributed by atoms with E-state index in [1.165, 1.54) is 11.1 Å². The fourth-order valence-corrected chi connectivity index (χ4v) is 1.91. The van der Waals surface area contributed by atoms with Crippen molar-refractivity contribution in [3.8, 4) is 0 Å². The number of rotatable bonds is 3. The van der Waals surface area contributed by atoms with Gasteiger partial charge in [0.1, 0.15) is 0 Å². The summed E-state index contributed by atoms with van der Waals surface area (Å²) in [5, 5.41) is 3.36. The van der Waals surface area contributed by atoms with E-state index in [-0.39, 0.29) is 0 Å². The van der Waals surface area contributed by atoms with E-state index in [1.807, 2.05) is 0 Å². The molecule has 0 amide bonds. The minimum Gasteiger partial charge on any atom is -0.326 e. The molecule has 0 bridgehead atoms. The summed E-state index contributed by atoms with van der Waals surface area (Å²) in [6, 6.07) is 8.61. The van der Waals surface area contributed by atoms with Crippen LogP contribution in [0.1, 0.15) is 11.1 Å². The first-order chi connectivity index (χ1) is 7.38. The number of nitrogens with zero attached hydrogens (tertiary/aromatic N) is 1. The van der Waals surface area contributed by atoms with Gasteiger partial charge < -0.3 is 11.1 Å². The Labute approximate surface area is 91.3 Å². The van der Waals surface area contributed by atoms with Gasteiger partial charge in [-0.2, -0.15) is 0 Å². The summed E-state index contributed by atoms with van der Waals surface area (Å²) in [7, 11) is 0. The molecule has 1 fully saturated rings. The molecule has 0 aromatic heterocycles. The molecule has 0 spiro atoms. The van der Waals surface area contributed by atoms with Gasteiger partial charge >= 0.3 is 0 Å². The van der Waals surface area contributed by atoms with Crippen molar-refractivity contribution in [3.05, 3.63) is 35.4 Å². The quantitative estimate of drug-likeness (QED) is 0.757. The smallest absolute Gasteiger partial charge is 0.0234 e. The highest BCUT2D eigenvalue weighted by Crippen LogP contribution is 2.07. The van der Waals surface area contributed by atoms with Crippen LogP contribution in [0.25, 0.3) is 0 Å². The van der Waals surface area contributed by atoms with E-state index in [1.54, 1.807) is 0 Å². The van der Waals surface area contributed by atoms with Gasteiger partial charge in [-0.1, -0.05) is 24.3 Å². The third-order valence-corrected chi connectivity index (χ3v) is 2.87. The number of hydrogen-bond donors (Lipinski definition) is 2. The molecule has 3 heteroatoms. The second-order valence-electron chi connectivity index (χ2n) is 4.05. The minimum absolute atomic E-state index is 0.633. The van der Waals surface area contributed by atoms with E-state index >= 15 is 0 Å². The Morgan fingerprint density at radius 1 is 1.07 bits per heavy atom. The third-order valence-electron chi connectivity index (χ3n) is 2.87. The lowest BCUT2D eigenvalue weighted by Gasteiger charge is -2.27. The topological polar surface area (TPSA) is 41.3 Å². The molecule has 0 radical (unpaired) electrons. The van der Waals surface area contributed by atoms with Crippen LogP contribution in [-0.2, 0) is 13.1 Å². The molecule has 1 aliphatic heterocycles. The maximum Gasteiger partial charge on any atom is 0.0234 e. The zero-order valence-corrected chi connectivity index (χ0v) is 9.08. The highest BCUT2D eigenvalue weighted by molar-refractivity contribution is 5.22. The molecule has 3 N–H and O–H groups in total. The Morgan fingerprint density at radius 3 is 2.27 bits per heavy atom. The zero-order chi connectivity index (χ0) is 10.5. The number of hydrogen-bond acceptors (Lipinski definition) is 3. The van der Waals surface area contributed by atoms with Crippen molar-refractivity contribution in [2.24, 2.45) is 5.73 Å². The highest BCUT2D eigenvalue weighted by atomic mass is 15.2. The van der Waals surface area contributed by atoms with Crippen molar-refractivity contribution in [2.45, 2.75) is 13.1 Å². The van der Waals surface area contributed by atoms with Crippen LogP contribution in [0, 0.1) is 0 Å². The summed E-state index contributed by atoms with van der Waals surface area (Å²) in [5.41, 5.74) is 8.16.